The zero-order chi connectivity index (χ0) is 14.9. The summed E-state index contributed by atoms with van der Waals surface area (Å²) in [7, 11) is 0. The average molecular weight is 289 g/mol. The lowest BCUT2D eigenvalue weighted by molar-refractivity contribution is -0.131. The van der Waals surface area contributed by atoms with E-state index in [-0.39, 0.29) is 5.91 Å². The largest absolute Gasteiger partial charge is 0.343 e. The number of amides is 1. The van der Waals surface area contributed by atoms with Crippen LogP contribution in [0.5, 0.6) is 0 Å². The number of nitrogens with one attached hydrogen (secondary N) is 2. The summed E-state index contributed by atoms with van der Waals surface area (Å²) in [6, 6.07) is 9.64. The highest BCUT2D eigenvalue weighted by molar-refractivity contribution is 5.93. The van der Waals surface area contributed by atoms with Crippen molar-refractivity contribution >= 4 is 17.6 Å². The maximum atomic E-state index is 12.0. The smallest absolute Gasteiger partial charge is 0.224 e. The fourth-order valence-electron chi connectivity index (χ4n) is 2.34. The number of nitrogens with zero attached hydrogens (tertiary/aromatic N) is 2. The normalized spacial score (nSPS) is 15.7. The summed E-state index contributed by atoms with van der Waals surface area (Å²) in [5, 5.41) is 3.07. The van der Waals surface area contributed by atoms with E-state index in [2.05, 4.69) is 15.7 Å². The molecule has 21 heavy (non-hydrogen) atoms. The number of para-hydroxylation sites is 1. The Kier molecular flexibility index (Phi) is 6.02. The number of piperidine rings is 1. The van der Waals surface area contributed by atoms with Crippen molar-refractivity contribution in [2.24, 2.45) is 10.8 Å². The molecule has 2 rings (SSSR count). The Labute approximate surface area is 125 Å². The molecule has 1 aliphatic heterocycles. The molecule has 6 heteroatoms. The van der Waals surface area contributed by atoms with Crippen molar-refractivity contribution in [2.45, 2.75) is 25.7 Å². The number of benzene rings is 1. The topological polar surface area (TPSA) is 82.7 Å². The van der Waals surface area contributed by atoms with Crippen LogP contribution in [0.15, 0.2) is 35.3 Å². The van der Waals surface area contributed by atoms with Crippen molar-refractivity contribution in [3.05, 3.63) is 30.3 Å². The van der Waals surface area contributed by atoms with Gasteiger partial charge < -0.3 is 10.2 Å². The molecule has 6 nitrogen and oxygen atoms in total. The Hall–Kier alpha value is -2.08. The molecule has 4 N–H and O–H groups in total. The van der Waals surface area contributed by atoms with Crippen LogP contribution >= 0.6 is 0 Å². The Morgan fingerprint density at radius 3 is 2.57 bits per heavy atom. The van der Waals surface area contributed by atoms with Crippen LogP contribution in [-0.2, 0) is 4.79 Å². The van der Waals surface area contributed by atoms with Crippen molar-refractivity contribution in [1.82, 2.24) is 10.3 Å². The molecule has 0 saturated carbocycles. The highest BCUT2D eigenvalue weighted by Gasteiger charge is 2.15. The highest BCUT2D eigenvalue weighted by atomic mass is 16.2. The van der Waals surface area contributed by atoms with Gasteiger partial charge in [-0.25, -0.2) is 5.84 Å². The standard InChI is InChI=1S/C15H23N5O/c16-19-15(18-13-7-3-1-4-8-13)17-10-9-14(21)20-11-5-2-6-12-20/h1,3-4,7-8H,2,5-6,9-12,16H2,(H2,17,18,19). The zero-order valence-corrected chi connectivity index (χ0v) is 12.2. The van der Waals surface area contributed by atoms with E-state index in [9.17, 15) is 4.79 Å². The zero-order valence-electron chi connectivity index (χ0n) is 12.2. The third-order valence-corrected chi connectivity index (χ3v) is 3.48. The van der Waals surface area contributed by atoms with Crippen molar-refractivity contribution in [2.75, 3.05) is 25.0 Å². The van der Waals surface area contributed by atoms with Gasteiger partial charge in [-0.1, -0.05) is 18.2 Å². The van der Waals surface area contributed by atoms with Crippen molar-refractivity contribution in [1.29, 1.82) is 0 Å². The van der Waals surface area contributed by atoms with E-state index in [4.69, 9.17) is 5.84 Å². The molecule has 0 radical (unpaired) electrons. The first-order valence-electron chi connectivity index (χ1n) is 7.40. The van der Waals surface area contributed by atoms with E-state index in [1.54, 1.807) is 0 Å². The molecule has 1 fully saturated rings. The molecular formula is C15H23N5O. The molecule has 1 aromatic carbocycles. The third kappa shape index (κ3) is 5.07. The first kappa shape index (κ1) is 15.3. The quantitative estimate of drug-likeness (QED) is 0.338. The minimum atomic E-state index is 0.175. The molecule has 1 aromatic rings. The number of guanidine groups is 1. The van der Waals surface area contributed by atoms with Gasteiger partial charge >= 0.3 is 0 Å². The second-order valence-corrected chi connectivity index (χ2v) is 5.06. The van der Waals surface area contributed by atoms with Gasteiger partial charge in [-0.05, 0) is 31.4 Å². The average Bonchev–Trinajstić information content (AvgIpc) is 2.55. The first-order valence-corrected chi connectivity index (χ1v) is 7.40. The maximum absolute atomic E-state index is 12.0. The summed E-state index contributed by atoms with van der Waals surface area (Å²) in [5.74, 6) is 6.08. The van der Waals surface area contributed by atoms with Gasteiger partial charge in [0, 0.05) is 25.2 Å². The van der Waals surface area contributed by atoms with Crippen LogP contribution in [0.25, 0.3) is 0 Å². The van der Waals surface area contributed by atoms with Crippen LogP contribution < -0.4 is 16.6 Å². The van der Waals surface area contributed by atoms with Gasteiger partial charge in [0.05, 0.1) is 6.54 Å². The molecule has 0 unspecified atom stereocenters. The van der Waals surface area contributed by atoms with Gasteiger partial charge in [0.2, 0.25) is 11.9 Å². The number of hydrazine groups is 1. The number of carbonyl (C=O) groups excluding carboxylic acids is 1. The molecule has 0 aromatic heterocycles. The number of hydrogen-bond donors (Lipinski definition) is 3. The maximum Gasteiger partial charge on any atom is 0.224 e. The summed E-state index contributed by atoms with van der Waals surface area (Å²) in [4.78, 5) is 18.2. The molecule has 1 heterocycles. The van der Waals surface area contributed by atoms with E-state index < -0.39 is 0 Å². The third-order valence-electron chi connectivity index (χ3n) is 3.48. The Bertz CT molecular complexity index is 468. The van der Waals surface area contributed by atoms with E-state index in [1.807, 2.05) is 35.2 Å². The van der Waals surface area contributed by atoms with E-state index in [0.29, 0.717) is 18.9 Å². The predicted molar refractivity (Wildman–Crippen MR) is 84.7 cm³/mol. The molecule has 1 aliphatic rings. The van der Waals surface area contributed by atoms with Crippen LogP contribution in [0.1, 0.15) is 25.7 Å². The SMILES string of the molecule is NNC(=NCCC(=O)N1CCCCC1)Nc1ccccc1. The lowest BCUT2D eigenvalue weighted by atomic mass is 10.1. The fraction of sp³-hybridized carbons (Fsp3) is 0.467. The Morgan fingerprint density at radius 2 is 1.90 bits per heavy atom. The monoisotopic (exact) mass is 289 g/mol. The van der Waals surface area contributed by atoms with Crippen molar-refractivity contribution < 1.29 is 4.79 Å². The molecular weight excluding hydrogens is 266 g/mol. The van der Waals surface area contributed by atoms with Crippen molar-refractivity contribution in [3.8, 4) is 0 Å². The molecule has 0 aliphatic carbocycles. The number of aliphatic imine (C=N–C) groups is 1. The number of likely N-dealkylation sites (tertiary alicyclic amines) is 1. The summed E-state index contributed by atoms with van der Waals surface area (Å²) >= 11 is 0. The molecule has 0 bridgehead atoms. The minimum Gasteiger partial charge on any atom is -0.343 e. The molecule has 1 saturated heterocycles. The second kappa shape index (κ2) is 8.26. The summed E-state index contributed by atoms with van der Waals surface area (Å²) in [5.41, 5.74) is 3.42. The van der Waals surface area contributed by atoms with E-state index in [0.717, 1.165) is 31.6 Å². The van der Waals surface area contributed by atoms with Crippen LogP contribution in [0, 0.1) is 0 Å². The van der Waals surface area contributed by atoms with Gasteiger partial charge in [-0.3, -0.25) is 15.2 Å². The van der Waals surface area contributed by atoms with Gasteiger partial charge in [-0.15, -0.1) is 0 Å². The molecule has 0 atom stereocenters. The van der Waals surface area contributed by atoms with Crippen LogP contribution in [0.2, 0.25) is 0 Å². The van der Waals surface area contributed by atoms with E-state index in [1.165, 1.54) is 6.42 Å². The summed E-state index contributed by atoms with van der Waals surface area (Å²) in [6.45, 7) is 2.19. The first-order chi connectivity index (χ1) is 10.3. The number of nitrogens with two attached hydrogens (primary N) is 1. The number of hydrogen-bond acceptors (Lipinski definition) is 3. The Balaban J connectivity index is 1.79. The Morgan fingerprint density at radius 1 is 1.19 bits per heavy atom. The highest BCUT2D eigenvalue weighted by Crippen LogP contribution is 2.10. The van der Waals surface area contributed by atoms with Crippen LogP contribution in [0.3, 0.4) is 0 Å². The van der Waals surface area contributed by atoms with E-state index >= 15 is 0 Å². The van der Waals surface area contributed by atoms with Crippen LogP contribution in [0.4, 0.5) is 5.69 Å². The number of anilines is 1. The minimum absolute atomic E-state index is 0.175. The molecule has 0 spiro atoms. The summed E-state index contributed by atoms with van der Waals surface area (Å²) in [6.07, 6.45) is 3.87. The summed E-state index contributed by atoms with van der Waals surface area (Å²) < 4.78 is 0. The van der Waals surface area contributed by atoms with Gasteiger partial charge in [0.15, 0.2) is 0 Å². The lowest BCUT2D eigenvalue weighted by Crippen LogP contribution is -2.37. The van der Waals surface area contributed by atoms with Gasteiger partial charge in [0.1, 0.15) is 0 Å². The van der Waals surface area contributed by atoms with Crippen LogP contribution in [-0.4, -0.2) is 36.4 Å². The number of rotatable bonds is 4. The predicted octanol–water partition coefficient (Wildman–Crippen LogP) is 1.32. The molecule has 1 amide bonds. The molecule has 114 valence electrons. The number of carbonyl (C=O) groups is 1. The lowest BCUT2D eigenvalue weighted by Gasteiger charge is -2.26. The fourth-order valence-corrected chi connectivity index (χ4v) is 2.34. The van der Waals surface area contributed by atoms with Gasteiger partial charge in [-0.2, -0.15) is 0 Å². The van der Waals surface area contributed by atoms with Crippen molar-refractivity contribution in [3.63, 3.8) is 0 Å². The van der Waals surface area contributed by atoms with Gasteiger partial charge in [0.25, 0.3) is 0 Å². The second-order valence-electron chi connectivity index (χ2n) is 5.06.